The van der Waals surface area contributed by atoms with E-state index in [1.165, 1.54) is 55.7 Å². The van der Waals surface area contributed by atoms with Gasteiger partial charge >= 0.3 is 0 Å². The van der Waals surface area contributed by atoms with Gasteiger partial charge in [0.2, 0.25) is 0 Å². The molecule has 0 atom stereocenters. The van der Waals surface area contributed by atoms with Crippen molar-refractivity contribution in [2.75, 3.05) is 0 Å². The fraction of sp³-hybridized carbons (Fsp3) is 0.0476. The monoisotopic (exact) mass is 566 g/mol. The van der Waals surface area contributed by atoms with Crippen molar-refractivity contribution in [3.05, 3.63) is 215 Å². The largest absolute Gasteiger partial charge is 0.119 e. The molecule has 0 aromatic heterocycles. The lowest BCUT2D eigenvalue weighted by molar-refractivity contribution is 1.09. The minimum absolute atomic E-state index is 0.337. The zero-order chi connectivity index (χ0) is 28.7. The highest BCUT2D eigenvalue weighted by atomic mass is 32.2. The van der Waals surface area contributed by atoms with Gasteiger partial charge < -0.3 is 0 Å². The Balaban J connectivity index is 1.40. The number of thioether (sulfide) groups is 1. The van der Waals surface area contributed by atoms with E-state index in [1.54, 1.807) is 0 Å². The standard InChI is InChI=1S/C42H30S/c1-7-19-31(20-8-1)37-38(32-21-9-2-10-22-32)41(37,35-27-15-5-16-28-35)43-42(36-29-17-6-18-30-36)39(33-23-11-3-12-24-33)40(42)34-25-13-4-14-26-34/h1-30H. The first-order valence-electron chi connectivity index (χ1n) is 14.9. The zero-order valence-electron chi connectivity index (χ0n) is 23.7. The molecule has 204 valence electrons. The topological polar surface area (TPSA) is 0 Å². The second-order valence-corrected chi connectivity index (χ2v) is 12.6. The summed E-state index contributed by atoms with van der Waals surface area (Å²) >= 11 is 2.10. The van der Waals surface area contributed by atoms with Gasteiger partial charge in [0.15, 0.2) is 0 Å². The van der Waals surface area contributed by atoms with E-state index < -0.39 is 0 Å². The molecule has 0 amide bonds. The van der Waals surface area contributed by atoms with Crippen molar-refractivity contribution >= 4 is 34.1 Å². The summed E-state index contributed by atoms with van der Waals surface area (Å²) < 4.78 is -0.674. The first kappa shape index (κ1) is 25.8. The van der Waals surface area contributed by atoms with Gasteiger partial charge in [-0.05, 0) is 55.7 Å². The van der Waals surface area contributed by atoms with E-state index in [1.807, 2.05) is 0 Å². The molecule has 0 nitrogen and oxygen atoms in total. The van der Waals surface area contributed by atoms with Crippen molar-refractivity contribution in [2.24, 2.45) is 0 Å². The summed E-state index contributed by atoms with van der Waals surface area (Å²) in [7, 11) is 0. The van der Waals surface area contributed by atoms with Crippen LogP contribution in [0.15, 0.2) is 182 Å². The van der Waals surface area contributed by atoms with E-state index in [4.69, 9.17) is 0 Å². The van der Waals surface area contributed by atoms with Gasteiger partial charge in [0.25, 0.3) is 0 Å². The summed E-state index contributed by atoms with van der Waals surface area (Å²) in [4.78, 5) is 0. The first-order chi connectivity index (χ1) is 21.3. The fourth-order valence-corrected chi connectivity index (χ4v) is 8.97. The molecule has 0 saturated carbocycles. The lowest BCUT2D eigenvalue weighted by atomic mass is 9.99. The first-order valence-corrected chi connectivity index (χ1v) is 15.7. The van der Waals surface area contributed by atoms with Crippen LogP contribution in [0.5, 0.6) is 0 Å². The zero-order valence-corrected chi connectivity index (χ0v) is 24.5. The molecule has 0 N–H and O–H groups in total. The third kappa shape index (κ3) is 4.15. The minimum Gasteiger partial charge on any atom is -0.119 e. The van der Waals surface area contributed by atoms with Gasteiger partial charge in [0.1, 0.15) is 0 Å². The second kappa shape index (κ2) is 10.5. The van der Waals surface area contributed by atoms with Crippen LogP contribution >= 0.6 is 11.8 Å². The summed E-state index contributed by atoms with van der Waals surface area (Å²) in [6, 6.07) is 66.2. The molecule has 1 heteroatoms. The molecular weight excluding hydrogens is 537 g/mol. The van der Waals surface area contributed by atoms with Crippen LogP contribution in [0.4, 0.5) is 0 Å². The van der Waals surface area contributed by atoms with Gasteiger partial charge in [-0.2, -0.15) is 0 Å². The molecular formula is C42H30S. The van der Waals surface area contributed by atoms with Crippen LogP contribution < -0.4 is 0 Å². The smallest absolute Gasteiger partial charge is 0.0941 e. The van der Waals surface area contributed by atoms with Crippen LogP contribution in [0, 0.1) is 0 Å². The van der Waals surface area contributed by atoms with Crippen LogP contribution in [0.25, 0.3) is 22.3 Å². The Labute approximate surface area is 258 Å². The lowest BCUT2D eigenvalue weighted by Crippen LogP contribution is -2.19. The number of benzene rings is 6. The van der Waals surface area contributed by atoms with E-state index in [2.05, 4.69) is 194 Å². The molecule has 0 unspecified atom stereocenters. The van der Waals surface area contributed by atoms with Gasteiger partial charge in [-0.25, -0.2) is 0 Å². The molecule has 2 aliphatic carbocycles. The van der Waals surface area contributed by atoms with E-state index >= 15 is 0 Å². The van der Waals surface area contributed by atoms with Gasteiger partial charge in [0.05, 0.1) is 9.49 Å². The summed E-state index contributed by atoms with van der Waals surface area (Å²) in [5.74, 6) is 0. The maximum absolute atomic E-state index is 2.32. The highest BCUT2D eigenvalue weighted by Gasteiger charge is 2.66. The predicted octanol–water partition coefficient (Wildman–Crippen LogP) is 10.8. The van der Waals surface area contributed by atoms with Crippen molar-refractivity contribution in [2.45, 2.75) is 9.49 Å². The van der Waals surface area contributed by atoms with E-state index in [0.717, 1.165) is 0 Å². The van der Waals surface area contributed by atoms with Crippen LogP contribution in [0.1, 0.15) is 33.4 Å². The second-order valence-electron chi connectivity index (χ2n) is 11.2. The fourth-order valence-electron chi connectivity index (χ4n) is 6.81. The number of rotatable bonds is 8. The van der Waals surface area contributed by atoms with Crippen LogP contribution in [-0.2, 0) is 9.49 Å². The quantitative estimate of drug-likeness (QED) is 0.177. The highest BCUT2D eigenvalue weighted by molar-refractivity contribution is 8.04. The Bertz CT molecular complexity index is 1700. The average Bonchev–Trinajstić information content (AvgIpc) is 3.98. The molecule has 0 heterocycles. The SMILES string of the molecule is c1ccc(C2=C(c3ccccc3)C2(SC2(c3ccccc3)C(c3ccccc3)=C2c2ccccc2)c2ccccc2)cc1. The molecule has 0 fully saturated rings. The predicted molar refractivity (Wildman–Crippen MR) is 183 cm³/mol. The van der Waals surface area contributed by atoms with Gasteiger partial charge in [0, 0.05) is 0 Å². The molecule has 0 saturated heterocycles. The summed E-state index contributed by atoms with van der Waals surface area (Å²) in [5.41, 5.74) is 13.4. The highest BCUT2D eigenvalue weighted by Crippen LogP contribution is 2.81. The average molecular weight is 567 g/mol. The summed E-state index contributed by atoms with van der Waals surface area (Å²) in [6.07, 6.45) is 0. The summed E-state index contributed by atoms with van der Waals surface area (Å²) in [6.45, 7) is 0. The Morgan fingerprint density at radius 3 is 0.698 bits per heavy atom. The normalized spacial score (nSPS) is 16.2. The molecule has 0 bridgehead atoms. The molecule has 0 radical (unpaired) electrons. The molecule has 6 aromatic carbocycles. The van der Waals surface area contributed by atoms with Gasteiger partial charge in [-0.15, -0.1) is 11.8 Å². The Kier molecular flexibility index (Phi) is 6.28. The molecule has 0 aliphatic heterocycles. The van der Waals surface area contributed by atoms with Crippen molar-refractivity contribution in [3.8, 4) is 0 Å². The Morgan fingerprint density at radius 2 is 0.465 bits per heavy atom. The lowest BCUT2D eigenvalue weighted by Gasteiger charge is -2.31. The third-order valence-electron chi connectivity index (χ3n) is 8.70. The number of hydrogen-bond acceptors (Lipinski definition) is 1. The minimum atomic E-state index is -0.337. The van der Waals surface area contributed by atoms with Gasteiger partial charge in [-0.1, -0.05) is 182 Å². The Morgan fingerprint density at radius 1 is 0.256 bits per heavy atom. The van der Waals surface area contributed by atoms with Gasteiger partial charge in [-0.3, -0.25) is 0 Å². The maximum atomic E-state index is 2.32. The van der Waals surface area contributed by atoms with E-state index in [-0.39, 0.29) is 9.49 Å². The number of hydrogen-bond donors (Lipinski definition) is 0. The van der Waals surface area contributed by atoms with E-state index in [0.29, 0.717) is 0 Å². The molecule has 43 heavy (non-hydrogen) atoms. The molecule has 8 rings (SSSR count). The molecule has 2 aliphatic rings. The maximum Gasteiger partial charge on any atom is 0.0941 e. The van der Waals surface area contributed by atoms with Crippen LogP contribution in [-0.4, -0.2) is 0 Å². The van der Waals surface area contributed by atoms with Crippen molar-refractivity contribution in [1.82, 2.24) is 0 Å². The van der Waals surface area contributed by atoms with E-state index in [9.17, 15) is 0 Å². The Hall–Kier alpha value is -4.85. The summed E-state index contributed by atoms with van der Waals surface area (Å²) in [5, 5.41) is 0. The van der Waals surface area contributed by atoms with Crippen LogP contribution in [0.2, 0.25) is 0 Å². The van der Waals surface area contributed by atoms with Crippen molar-refractivity contribution in [1.29, 1.82) is 0 Å². The molecule has 0 spiro atoms. The van der Waals surface area contributed by atoms with Crippen molar-refractivity contribution < 1.29 is 0 Å². The third-order valence-corrected chi connectivity index (χ3v) is 10.6. The molecule has 6 aromatic rings. The van der Waals surface area contributed by atoms with Crippen LogP contribution in [0.3, 0.4) is 0 Å². The van der Waals surface area contributed by atoms with Crippen molar-refractivity contribution in [3.63, 3.8) is 0 Å².